The molecule has 0 aliphatic rings. The molecule has 0 unspecified atom stereocenters. The monoisotopic (exact) mass is 484 g/mol. The third-order valence-corrected chi connectivity index (χ3v) is 7.16. The molecule has 3 rings (SSSR count). The molecule has 12 heteroatoms. The molecule has 0 saturated heterocycles. The standard InChI is InChI=1S/C19H18ClFN4O4S2/c1-29-15-8-5-12(9-14(15)20)23-16(26)10-25-18(22)17(19(24-25)30-2)31(27,28)13-6-3-11(21)4-7-13/h3-9H,10,22H2,1-2H3,(H,23,26). The fourth-order valence-corrected chi connectivity index (χ4v) is 5.44. The third kappa shape index (κ3) is 4.78. The zero-order valence-corrected chi connectivity index (χ0v) is 18.8. The SMILES string of the molecule is COc1ccc(NC(=O)Cn2nc(SC)c(S(=O)(=O)c3ccc(F)cc3)c2N)cc1Cl. The fourth-order valence-electron chi connectivity index (χ4n) is 2.75. The maximum Gasteiger partial charge on any atom is 0.246 e. The number of hydrogen-bond donors (Lipinski definition) is 2. The van der Waals surface area contributed by atoms with E-state index in [0.717, 1.165) is 40.7 Å². The minimum Gasteiger partial charge on any atom is -0.495 e. The Bertz CT molecular complexity index is 1230. The number of hydrogen-bond acceptors (Lipinski definition) is 7. The number of aromatic nitrogens is 2. The average molecular weight is 485 g/mol. The summed E-state index contributed by atoms with van der Waals surface area (Å²) in [5.41, 5.74) is 6.48. The van der Waals surface area contributed by atoms with E-state index in [1.807, 2.05) is 0 Å². The number of nitrogens with two attached hydrogens (primary N) is 1. The molecule has 3 N–H and O–H groups in total. The minimum atomic E-state index is -4.08. The number of rotatable bonds is 7. The van der Waals surface area contributed by atoms with Gasteiger partial charge in [0.05, 0.1) is 17.0 Å². The van der Waals surface area contributed by atoms with E-state index in [4.69, 9.17) is 22.1 Å². The van der Waals surface area contributed by atoms with Gasteiger partial charge in [-0.15, -0.1) is 11.8 Å². The number of halogens is 2. The molecule has 31 heavy (non-hydrogen) atoms. The molecule has 1 heterocycles. The van der Waals surface area contributed by atoms with Crippen molar-refractivity contribution in [1.29, 1.82) is 0 Å². The number of thioether (sulfide) groups is 1. The van der Waals surface area contributed by atoms with Gasteiger partial charge in [0.15, 0.2) is 0 Å². The minimum absolute atomic E-state index is 0.127. The van der Waals surface area contributed by atoms with Crippen LogP contribution in [0.3, 0.4) is 0 Å². The number of anilines is 2. The molecule has 0 radical (unpaired) electrons. The number of sulfone groups is 1. The Hall–Kier alpha value is -2.76. The summed E-state index contributed by atoms with van der Waals surface area (Å²) >= 11 is 7.12. The number of nitrogens with one attached hydrogen (secondary N) is 1. The van der Waals surface area contributed by atoms with E-state index < -0.39 is 21.6 Å². The second-order valence-corrected chi connectivity index (χ2v) is 9.32. The maximum absolute atomic E-state index is 13.2. The van der Waals surface area contributed by atoms with Crippen LogP contribution >= 0.6 is 23.4 Å². The van der Waals surface area contributed by atoms with Gasteiger partial charge >= 0.3 is 0 Å². The molecule has 0 saturated carbocycles. The van der Waals surface area contributed by atoms with E-state index in [9.17, 15) is 17.6 Å². The molecule has 0 fully saturated rings. The topological polar surface area (TPSA) is 116 Å². The first-order valence-electron chi connectivity index (χ1n) is 8.71. The van der Waals surface area contributed by atoms with Crippen molar-refractivity contribution in [2.24, 2.45) is 0 Å². The summed E-state index contributed by atoms with van der Waals surface area (Å²) in [6, 6.07) is 9.09. The first kappa shape index (κ1) is 22.9. The molecule has 1 aromatic heterocycles. The van der Waals surface area contributed by atoms with Gasteiger partial charge in [-0.2, -0.15) is 5.10 Å². The number of benzene rings is 2. The van der Waals surface area contributed by atoms with Crippen molar-refractivity contribution in [3.05, 3.63) is 53.3 Å². The van der Waals surface area contributed by atoms with Crippen LogP contribution in [0, 0.1) is 5.82 Å². The van der Waals surface area contributed by atoms with Crippen LogP contribution in [0.25, 0.3) is 0 Å². The summed E-state index contributed by atoms with van der Waals surface area (Å²) in [4.78, 5) is 12.1. The summed E-state index contributed by atoms with van der Waals surface area (Å²) in [7, 11) is -2.60. The second kappa shape index (κ2) is 9.16. The summed E-state index contributed by atoms with van der Waals surface area (Å²) in [6.45, 7) is -0.331. The molecule has 0 atom stereocenters. The number of carbonyl (C=O) groups is 1. The van der Waals surface area contributed by atoms with Crippen molar-refractivity contribution in [3.63, 3.8) is 0 Å². The summed E-state index contributed by atoms with van der Waals surface area (Å²) < 4.78 is 45.4. The van der Waals surface area contributed by atoms with Crippen LogP contribution in [0.1, 0.15) is 0 Å². The number of nitrogen functional groups attached to an aromatic ring is 1. The maximum atomic E-state index is 13.2. The number of nitrogens with zero attached hydrogens (tertiary/aromatic N) is 2. The van der Waals surface area contributed by atoms with Gasteiger partial charge in [-0.1, -0.05) is 11.6 Å². The van der Waals surface area contributed by atoms with Gasteiger partial charge in [-0.05, 0) is 48.7 Å². The predicted octanol–water partition coefficient (Wildman–Crippen LogP) is 3.46. The second-order valence-electron chi connectivity index (χ2n) is 6.24. The van der Waals surface area contributed by atoms with Gasteiger partial charge in [0.25, 0.3) is 0 Å². The highest BCUT2D eigenvalue weighted by Crippen LogP contribution is 2.34. The summed E-state index contributed by atoms with van der Waals surface area (Å²) in [5.74, 6) is -0.801. The predicted molar refractivity (Wildman–Crippen MR) is 117 cm³/mol. The van der Waals surface area contributed by atoms with Crippen molar-refractivity contribution >= 4 is 50.6 Å². The van der Waals surface area contributed by atoms with Gasteiger partial charge in [0, 0.05) is 5.69 Å². The van der Waals surface area contributed by atoms with Gasteiger partial charge in [-0.25, -0.2) is 17.5 Å². The van der Waals surface area contributed by atoms with Gasteiger partial charge in [0.1, 0.15) is 33.9 Å². The molecule has 0 aliphatic carbocycles. The Morgan fingerprint density at radius 2 is 1.97 bits per heavy atom. The highest BCUT2D eigenvalue weighted by Gasteiger charge is 2.29. The van der Waals surface area contributed by atoms with Crippen LogP contribution in [0.5, 0.6) is 5.75 Å². The van der Waals surface area contributed by atoms with Crippen LogP contribution in [0.2, 0.25) is 5.02 Å². The summed E-state index contributed by atoms with van der Waals surface area (Å²) in [5, 5.41) is 7.24. The molecule has 2 aromatic carbocycles. The van der Waals surface area contributed by atoms with Crippen molar-refractivity contribution < 1.29 is 22.3 Å². The third-order valence-electron chi connectivity index (χ3n) is 4.23. The smallest absolute Gasteiger partial charge is 0.246 e. The molecule has 1 amide bonds. The van der Waals surface area contributed by atoms with Crippen molar-refractivity contribution in [1.82, 2.24) is 9.78 Å². The Balaban J connectivity index is 1.88. The molecule has 164 valence electrons. The normalized spacial score (nSPS) is 11.4. The highest BCUT2D eigenvalue weighted by molar-refractivity contribution is 7.99. The number of amides is 1. The Kier molecular flexibility index (Phi) is 6.77. The van der Waals surface area contributed by atoms with Crippen LogP contribution < -0.4 is 15.8 Å². The van der Waals surface area contributed by atoms with E-state index in [1.54, 1.807) is 18.4 Å². The van der Waals surface area contributed by atoms with E-state index >= 15 is 0 Å². The lowest BCUT2D eigenvalue weighted by molar-refractivity contribution is -0.116. The van der Waals surface area contributed by atoms with Crippen molar-refractivity contribution in [2.45, 2.75) is 21.4 Å². The van der Waals surface area contributed by atoms with Gasteiger partial charge in [-0.3, -0.25) is 4.79 Å². The van der Waals surface area contributed by atoms with Crippen LogP contribution in [0.15, 0.2) is 57.3 Å². The lowest BCUT2D eigenvalue weighted by Crippen LogP contribution is -2.21. The number of carbonyl (C=O) groups excluding carboxylic acids is 1. The van der Waals surface area contributed by atoms with Crippen LogP contribution in [-0.2, 0) is 21.2 Å². The highest BCUT2D eigenvalue weighted by atomic mass is 35.5. The lowest BCUT2D eigenvalue weighted by atomic mass is 10.3. The molecular weight excluding hydrogens is 467 g/mol. The fraction of sp³-hybridized carbons (Fsp3) is 0.158. The van der Waals surface area contributed by atoms with Gasteiger partial charge < -0.3 is 15.8 Å². The number of ether oxygens (including phenoxy) is 1. The first-order valence-corrected chi connectivity index (χ1v) is 11.8. The average Bonchev–Trinajstić information content (AvgIpc) is 3.04. The van der Waals surface area contributed by atoms with Crippen molar-refractivity contribution in [2.75, 3.05) is 24.4 Å². The molecular formula is C19H18ClFN4O4S2. The molecule has 0 bridgehead atoms. The lowest BCUT2D eigenvalue weighted by Gasteiger charge is -2.09. The quantitative estimate of drug-likeness (QED) is 0.389. The van der Waals surface area contributed by atoms with E-state index in [-0.39, 0.29) is 27.2 Å². The molecule has 0 aliphatic heterocycles. The molecule has 8 nitrogen and oxygen atoms in total. The van der Waals surface area contributed by atoms with Gasteiger partial charge in [0.2, 0.25) is 15.7 Å². The first-order chi connectivity index (χ1) is 14.7. The molecule has 0 spiro atoms. The Labute approximate surface area is 187 Å². The number of methoxy groups -OCH3 is 1. The van der Waals surface area contributed by atoms with E-state index in [1.165, 1.54) is 13.2 Å². The Morgan fingerprint density at radius 1 is 1.29 bits per heavy atom. The van der Waals surface area contributed by atoms with Crippen LogP contribution in [0.4, 0.5) is 15.9 Å². The summed E-state index contributed by atoms with van der Waals surface area (Å²) in [6.07, 6.45) is 1.63. The van der Waals surface area contributed by atoms with E-state index in [2.05, 4.69) is 10.4 Å². The zero-order valence-electron chi connectivity index (χ0n) is 16.4. The zero-order chi connectivity index (χ0) is 22.8. The van der Waals surface area contributed by atoms with E-state index in [0.29, 0.717) is 16.5 Å². The molecule has 3 aromatic rings. The largest absolute Gasteiger partial charge is 0.495 e. The van der Waals surface area contributed by atoms with Crippen LogP contribution in [-0.4, -0.2) is 37.5 Å². The van der Waals surface area contributed by atoms with Crippen molar-refractivity contribution in [3.8, 4) is 5.75 Å². The Morgan fingerprint density at radius 3 is 2.55 bits per heavy atom.